The molecule has 3 saturated carbocycles. The minimum absolute atomic E-state index is 0.805. The summed E-state index contributed by atoms with van der Waals surface area (Å²) >= 11 is 0. The average molecular weight is 164 g/mol. The third-order valence-electron chi connectivity index (χ3n) is 5.57. The summed E-state index contributed by atoms with van der Waals surface area (Å²) in [6.07, 6.45) is 4.58. The summed E-state index contributed by atoms with van der Waals surface area (Å²) in [5.41, 5.74) is 0.805. The highest BCUT2D eigenvalue weighted by atomic mass is 14.8. The maximum atomic E-state index is 2.54. The molecule has 0 amide bonds. The molecule has 3 rings (SSSR count). The van der Waals surface area contributed by atoms with Crippen LogP contribution in [0, 0.1) is 35.0 Å². The summed E-state index contributed by atoms with van der Waals surface area (Å²) in [6, 6.07) is 0. The topological polar surface area (TPSA) is 0 Å². The molecular weight excluding hydrogens is 144 g/mol. The Kier molecular flexibility index (Phi) is 1.18. The quantitative estimate of drug-likeness (QED) is 0.557. The molecule has 0 aromatic carbocycles. The fourth-order valence-corrected chi connectivity index (χ4v) is 4.64. The molecule has 0 N–H and O–H groups in total. The molecule has 3 aliphatic rings. The molecule has 0 radical (unpaired) electrons. The van der Waals surface area contributed by atoms with E-state index in [-0.39, 0.29) is 0 Å². The first kappa shape index (κ1) is 7.41. The highest BCUT2D eigenvalue weighted by Crippen LogP contribution is 2.77. The SMILES string of the molecule is CCC1CC2CC3(C)C(C)C3C12. The van der Waals surface area contributed by atoms with Crippen LogP contribution in [0.15, 0.2) is 0 Å². The van der Waals surface area contributed by atoms with Gasteiger partial charge in [0.15, 0.2) is 0 Å². The molecule has 0 aliphatic heterocycles. The van der Waals surface area contributed by atoms with Crippen molar-refractivity contribution >= 4 is 0 Å². The molecular formula is C12H20. The molecule has 12 heavy (non-hydrogen) atoms. The third kappa shape index (κ3) is 0.592. The van der Waals surface area contributed by atoms with Crippen LogP contribution in [-0.4, -0.2) is 0 Å². The lowest BCUT2D eigenvalue weighted by molar-refractivity contribution is 0.0640. The largest absolute Gasteiger partial charge is 0.0651 e. The van der Waals surface area contributed by atoms with Crippen LogP contribution in [0.4, 0.5) is 0 Å². The maximum absolute atomic E-state index is 2.54. The number of hydrogen-bond acceptors (Lipinski definition) is 0. The normalized spacial score (nSPS) is 66.8. The van der Waals surface area contributed by atoms with E-state index >= 15 is 0 Å². The number of fused-ring (bicyclic) bond motifs is 3. The second-order valence-corrected chi connectivity index (χ2v) is 5.77. The predicted molar refractivity (Wildman–Crippen MR) is 50.8 cm³/mol. The lowest BCUT2D eigenvalue weighted by Gasteiger charge is -2.43. The first-order valence-corrected chi connectivity index (χ1v) is 5.68. The van der Waals surface area contributed by atoms with Gasteiger partial charge in [-0.15, -0.1) is 0 Å². The van der Waals surface area contributed by atoms with Gasteiger partial charge >= 0.3 is 0 Å². The van der Waals surface area contributed by atoms with Crippen LogP contribution >= 0.6 is 0 Å². The van der Waals surface area contributed by atoms with Gasteiger partial charge in [0, 0.05) is 0 Å². The molecule has 0 heteroatoms. The molecule has 3 fully saturated rings. The summed E-state index contributed by atoms with van der Waals surface area (Å²) in [5.74, 6) is 5.64. The van der Waals surface area contributed by atoms with Crippen molar-refractivity contribution in [2.24, 2.45) is 35.0 Å². The zero-order valence-corrected chi connectivity index (χ0v) is 8.51. The van der Waals surface area contributed by atoms with Crippen LogP contribution in [0.5, 0.6) is 0 Å². The van der Waals surface area contributed by atoms with Gasteiger partial charge < -0.3 is 0 Å². The van der Waals surface area contributed by atoms with E-state index in [1.54, 1.807) is 12.8 Å². The molecule has 0 bridgehead atoms. The van der Waals surface area contributed by atoms with Gasteiger partial charge in [0.1, 0.15) is 0 Å². The van der Waals surface area contributed by atoms with Crippen molar-refractivity contribution in [1.29, 1.82) is 0 Å². The lowest BCUT2D eigenvalue weighted by Crippen LogP contribution is -2.35. The van der Waals surface area contributed by atoms with Gasteiger partial charge in [0.25, 0.3) is 0 Å². The van der Waals surface area contributed by atoms with Gasteiger partial charge in [0.05, 0.1) is 0 Å². The van der Waals surface area contributed by atoms with E-state index in [2.05, 4.69) is 20.8 Å². The highest BCUT2D eigenvalue weighted by Gasteiger charge is 2.71. The summed E-state index contributed by atoms with van der Waals surface area (Å²) < 4.78 is 0. The Labute approximate surface area is 75.7 Å². The Balaban J connectivity index is 1.82. The lowest BCUT2D eigenvalue weighted by atomic mass is 9.62. The predicted octanol–water partition coefficient (Wildman–Crippen LogP) is 3.32. The van der Waals surface area contributed by atoms with E-state index in [1.807, 2.05) is 0 Å². The fraction of sp³-hybridized carbons (Fsp3) is 1.00. The van der Waals surface area contributed by atoms with Crippen molar-refractivity contribution in [3.63, 3.8) is 0 Å². The van der Waals surface area contributed by atoms with Crippen LogP contribution < -0.4 is 0 Å². The average Bonchev–Trinajstić information content (AvgIpc) is 2.37. The Hall–Kier alpha value is 0. The number of rotatable bonds is 1. The van der Waals surface area contributed by atoms with Gasteiger partial charge in [-0.2, -0.15) is 0 Å². The van der Waals surface area contributed by atoms with Gasteiger partial charge in [-0.1, -0.05) is 27.2 Å². The van der Waals surface area contributed by atoms with E-state index in [0.717, 1.165) is 35.0 Å². The van der Waals surface area contributed by atoms with Gasteiger partial charge in [0.2, 0.25) is 0 Å². The van der Waals surface area contributed by atoms with Crippen molar-refractivity contribution in [3.8, 4) is 0 Å². The van der Waals surface area contributed by atoms with Crippen LogP contribution in [0.3, 0.4) is 0 Å². The smallest absolute Gasteiger partial charge is 0.0261 e. The Morgan fingerprint density at radius 3 is 2.83 bits per heavy atom. The summed E-state index contributed by atoms with van der Waals surface area (Å²) in [5, 5.41) is 0. The van der Waals surface area contributed by atoms with Crippen LogP contribution in [0.2, 0.25) is 0 Å². The summed E-state index contributed by atoms with van der Waals surface area (Å²) in [4.78, 5) is 0. The van der Waals surface area contributed by atoms with Gasteiger partial charge in [-0.3, -0.25) is 0 Å². The zero-order valence-electron chi connectivity index (χ0n) is 8.51. The Morgan fingerprint density at radius 1 is 1.42 bits per heavy atom. The molecule has 6 unspecified atom stereocenters. The monoisotopic (exact) mass is 164 g/mol. The van der Waals surface area contributed by atoms with Crippen LogP contribution in [-0.2, 0) is 0 Å². The second-order valence-electron chi connectivity index (χ2n) is 5.77. The fourth-order valence-electron chi connectivity index (χ4n) is 4.64. The van der Waals surface area contributed by atoms with Crippen molar-refractivity contribution < 1.29 is 0 Å². The van der Waals surface area contributed by atoms with E-state index in [4.69, 9.17) is 0 Å². The standard InChI is InChI=1S/C12H20/c1-4-8-5-9-6-12(3)7(2)11(12)10(8)9/h7-11H,4-6H2,1-3H3. The molecule has 0 aromatic heterocycles. The molecule has 0 saturated heterocycles. The molecule has 0 aromatic rings. The van der Waals surface area contributed by atoms with Gasteiger partial charge in [-0.25, -0.2) is 0 Å². The Bertz CT molecular complexity index is 216. The molecule has 6 atom stereocenters. The second kappa shape index (κ2) is 1.91. The van der Waals surface area contributed by atoms with E-state index in [0.29, 0.717) is 0 Å². The van der Waals surface area contributed by atoms with E-state index < -0.39 is 0 Å². The third-order valence-corrected chi connectivity index (χ3v) is 5.57. The molecule has 68 valence electrons. The van der Waals surface area contributed by atoms with Gasteiger partial charge in [-0.05, 0) is 47.8 Å². The molecule has 0 spiro atoms. The van der Waals surface area contributed by atoms with Crippen molar-refractivity contribution in [3.05, 3.63) is 0 Å². The van der Waals surface area contributed by atoms with Crippen molar-refractivity contribution in [1.82, 2.24) is 0 Å². The van der Waals surface area contributed by atoms with Crippen LogP contribution in [0.1, 0.15) is 40.0 Å². The van der Waals surface area contributed by atoms with Crippen molar-refractivity contribution in [2.45, 2.75) is 40.0 Å². The summed E-state index contributed by atoms with van der Waals surface area (Å²) in [6.45, 7) is 7.39. The summed E-state index contributed by atoms with van der Waals surface area (Å²) in [7, 11) is 0. The minimum atomic E-state index is 0.805. The minimum Gasteiger partial charge on any atom is -0.0651 e. The Morgan fingerprint density at radius 2 is 2.17 bits per heavy atom. The first-order valence-electron chi connectivity index (χ1n) is 5.68. The maximum Gasteiger partial charge on any atom is -0.0261 e. The van der Waals surface area contributed by atoms with Crippen molar-refractivity contribution in [2.75, 3.05) is 0 Å². The van der Waals surface area contributed by atoms with Crippen LogP contribution in [0.25, 0.3) is 0 Å². The number of hydrogen-bond donors (Lipinski definition) is 0. The molecule has 0 heterocycles. The molecule has 0 nitrogen and oxygen atoms in total. The zero-order chi connectivity index (χ0) is 8.51. The highest BCUT2D eigenvalue weighted by molar-refractivity contribution is 5.19. The molecule has 3 aliphatic carbocycles. The van der Waals surface area contributed by atoms with E-state index in [9.17, 15) is 0 Å². The van der Waals surface area contributed by atoms with E-state index in [1.165, 1.54) is 6.42 Å². The first-order chi connectivity index (χ1) is 5.68.